The summed E-state index contributed by atoms with van der Waals surface area (Å²) in [5, 5.41) is 32.6. The lowest BCUT2D eigenvalue weighted by Crippen LogP contribution is -2.16. The Morgan fingerprint density at radius 1 is 0.586 bits per heavy atom. The Bertz CT molecular complexity index is 3820. The molecule has 31 nitrogen and oxygen atoms in total. The van der Waals surface area contributed by atoms with Crippen molar-refractivity contribution in [2.24, 2.45) is 10.2 Å². The van der Waals surface area contributed by atoms with Crippen LogP contribution in [0.1, 0.15) is 5.56 Å². The average molecular weight is 1140 g/mol. The van der Waals surface area contributed by atoms with Crippen LogP contribution in [0.15, 0.2) is 77.2 Å². The highest BCUT2D eigenvalue weighted by molar-refractivity contribution is 7.92. The van der Waals surface area contributed by atoms with Crippen LogP contribution in [0, 0.1) is 6.92 Å². The molecule has 0 unspecified atom stereocenters. The van der Waals surface area contributed by atoms with Crippen molar-refractivity contribution < 1.29 is 105 Å². The van der Waals surface area contributed by atoms with E-state index in [9.17, 15) is 82.8 Å². The summed E-state index contributed by atoms with van der Waals surface area (Å²) in [5.41, 5.74) is -3.11. The van der Waals surface area contributed by atoms with Gasteiger partial charge >= 0.3 is 20.8 Å². The Morgan fingerprint density at radius 3 is 1.63 bits per heavy atom. The largest absolute Gasteiger partial charge is 0.505 e. The van der Waals surface area contributed by atoms with Crippen LogP contribution in [0.4, 0.5) is 34.6 Å². The number of nitrogens with zero attached hydrogens (tertiary/aromatic N) is 5. The minimum absolute atomic E-state index is 0.0934. The van der Waals surface area contributed by atoms with Crippen molar-refractivity contribution in [3.05, 3.63) is 53.3 Å². The summed E-state index contributed by atoms with van der Waals surface area (Å²) in [5.74, 6) is -6.77. The molecule has 5 aromatic rings. The zero-order valence-electron chi connectivity index (χ0n) is 34.4. The standard InChI is InChI=1S/C31H30ClN7O24S7/c1-14-7-18(21(61-2)13-22(14)65(44,45)6-4-63-70(58,59)60)38-39-26-23(67(49,50)51)9-15-8-17(66(46,47)48)11-19(25(15)28(26)41)33-30-35-29(32)36-31(37-30)34-20-10-16(12-24(27(20)40)68(52,53)54)64(42,43)5-3-62-69(55,56)57/h7-13,40-41H,3-6H2,1-2H3,(H,46,47,48)(H,49,50,51)(H,52,53,54)(H,55,56,57)(H,58,59,60)(H2,33,34,35,36,37)/b39-38+. The molecule has 9 N–H and O–H groups in total. The first-order chi connectivity index (χ1) is 31.9. The Balaban J connectivity index is 1.65. The van der Waals surface area contributed by atoms with Crippen LogP contribution in [0.5, 0.6) is 17.2 Å². The second-order valence-electron chi connectivity index (χ2n) is 13.5. The number of hydrogen-bond donors (Lipinski definition) is 9. The van der Waals surface area contributed by atoms with E-state index in [4.69, 9.17) is 25.4 Å². The van der Waals surface area contributed by atoms with Gasteiger partial charge in [0.1, 0.15) is 26.9 Å². The molecule has 1 heterocycles. The number of fused-ring (bicyclic) bond motifs is 1. The van der Waals surface area contributed by atoms with E-state index in [0.29, 0.717) is 24.3 Å². The molecule has 0 bridgehead atoms. The van der Waals surface area contributed by atoms with E-state index in [-0.39, 0.29) is 23.1 Å². The van der Waals surface area contributed by atoms with Crippen molar-refractivity contribution in [2.75, 3.05) is 42.5 Å². The predicted molar refractivity (Wildman–Crippen MR) is 236 cm³/mol. The zero-order chi connectivity index (χ0) is 52.7. The molecule has 0 aliphatic carbocycles. The molecule has 0 saturated carbocycles. The van der Waals surface area contributed by atoms with E-state index in [1.54, 1.807) is 0 Å². The fourth-order valence-corrected chi connectivity index (χ4v) is 11.2. The van der Waals surface area contributed by atoms with Crippen LogP contribution >= 0.6 is 11.6 Å². The molecule has 382 valence electrons. The Morgan fingerprint density at radius 2 is 1.11 bits per heavy atom. The van der Waals surface area contributed by atoms with Crippen LogP contribution in [0.2, 0.25) is 5.28 Å². The average Bonchev–Trinajstić information content (AvgIpc) is 3.18. The molecule has 0 atom stereocenters. The summed E-state index contributed by atoms with van der Waals surface area (Å²) in [6.45, 7) is -0.958. The Labute approximate surface area is 400 Å². The number of nitrogens with one attached hydrogen (secondary N) is 2. The highest BCUT2D eigenvalue weighted by Crippen LogP contribution is 2.46. The minimum atomic E-state index is -5.46. The summed E-state index contributed by atoms with van der Waals surface area (Å²) in [6, 6.07) is 4.55. The summed E-state index contributed by atoms with van der Waals surface area (Å²) in [7, 11) is -34.4. The number of aromatic nitrogens is 3. The summed E-state index contributed by atoms with van der Waals surface area (Å²) in [4.78, 5) is 6.18. The summed E-state index contributed by atoms with van der Waals surface area (Å²) in [6.07, 6.45) is 0. The maximum Gasteiger partial charge on any atom is 0.397 e. The maximum absolute atomic E-state index is 13.0. The molecular weight excluding hydrogens is 1110 g/mol. The fourth-order valence-electron chi connectivity index (χ4n) is 5.82. The van der Waals surface area contributed by atoms with Crippen molar-refractivity contribution in [1.29, 1.82) is 0 Å². The van der Waals surface area contributed by atoms with Gasteiger partial charge in [-0.2, -0.15) is 57.0 Å². The van der Waals surface area contributed by atoms with Gasteiger partial charge < -0.3 is 25.6 Å². The van der Waals surface area contributed by atoms with Gasteiger partial charge in [-0.1, -0.05) is 0 Å². The van der Waals surface area contributed by atoms with Crippen molar-refractivity contribution in [2.45, 2.75) is 31.4 Å². The van der Waals surface area contributed by atoms with Crippen molar-refractivity contribution in [3.8, 4) is 17.2 Å². The number of anilines is 4. The summed E-state index contributed by atoms with van der Waals surface area (Å²) >= 11 is 6.07. The number of rotatable bonds is 20. The number of benzene rings is 4. The third-order valence-electron chi connectivity index (χ3n) is 8.72. The highest BCUT2D eigenvalue weighted by Gasteiger charge is 2.29. The fraction of sp³-hybridized carbons (Fsp3) is 0.194. The topological polar surface area (TPSA) is 496 Å². The van der Waals surface area contributed by atoms with Crippen LogP contribution < -0.4 is 15.4 Å². The molecule has 1 aromatic heterocycles. The van der Waals surface area contributed by atoms with E-state index >= 15 is 0 Å². The van der Waals surface area contributed by atoms with Crippen LogP contribution in [0.25, 0.3) is 10.8 Å². The molecule has 0 fully saturated rings. The Kier molecular flexibility index (Phi) is 15.7. The molecule has 70 heavy (non-hydrogen) atoms. The third-order valence-corrected chi connectivity index (χ3v) is 15.9. The van der Waals surface area contributed by atoms with Crippen molar-refractivity contribution >= 4 is 128 Å². The van der Waals surface area contributed by atoms with E-state index in [1.807, 2.05) is 0 Å². The molecular formula is C31H30ClN7O24S7. The molecule has 4 aromatic carbocycles. The lowest BCUT2D eigenvalue weighted by molar-refractivity contribution is 0.282. The number of aromatic hydroxyl groups is 2. The van der Waals surface area contributed by atoms with Gasteiger partial charge in [0.15, 0.2) is 31.2 Å². The number of ether oxygens (including phenoxy) is 1. The lowest BCUT2D eigenvalue weighted by Gasteiger charge is -2.16. The van der Waals surface area contributed by atoms with Crippen molar-refractivity contribution in [1.82, 2.24) is 15.0 Å². The molecule has 39 heteroatoms. The zero-order valence-corrected chi connectivity index (χ0v) is 40.9. The van der Waals surface area contributed by atoms with Gasteiger partial charge in [0, 0.05) is 11.5 Å². The monoisotopic (exact) mass is 1140 g/mol. The van der Waals surface area contributed by atoms with E-state index in [1.165, 1.54) is 6.92 Å². The third kappa shape index (κ3) is 13.6. The number of hydrogen-bond acceptors (Lipinski definition) is 26. The quantitative estimate of drug-likeness (QED) is 0.0306. The normalized spacial score (nSPS) is 13.2. The number of aryl methyl sites for hydroxylation is 1. The first kappa shape index (κ1) is 55.3. The second-order valence-corrected chi connectivity index (χ2v) is 24.4. The molecule has 5 rings (SSSR count). The van der Waals surface area contributed by atoms with E-state index in [2.05, 4.69) is 44.2 Å². The van der Waals surface area contributed by atoms with Gasteiger partial charge in [0.05, 0.1) is 57.9 Å². The first-order valence-corrected chi connectivity index (χ1v) is 28.5. The van der Waals surface area contributed by atoms with Gasteiger partial charge in [-0.05, 0) is 65.9 Å². The smallest absolute Gasteiger partial charge is 0.397 e. The number of phenols is 2. The molecule has 0 amide bonds. The van der Waals surface area contributed by atoms with E-state index < -0.39 is 177 Å². The number of phenolic OH excluding ortho intramolecular Hbond substituents is 2. The molecule has 0 spiro atoms. The highest BCUT2D eigenvalue weighted by atomic mass is 35.5. The SMILES string of the molecule is COc1cc(S(=O)(=O)CCOS(=O)(=O)O)c(C)cc1/N=N/c1c(S(=O)(=O)O)cc2cc(S(=O)(=O)O)cc(Nc3nc(Cl)nc(Nc4cc(S(=O)(=O)CCOS(=O)(=O)O)cc(S(=O)(=O)O)c4O)n3)c2c1O. The van der Waals surface area contributed by atoms with E-state index in [0.717, 1.165) is 19.2 Å². The Hall–Kier alpha value is -5.59. The van der Waals surface area contributed by atoms with Crippen LogP contribution in [0.3, 0.4) is 0 Å². The lowest BCUT2D eigenvalue weighted by atomic mass is 10.1. The number of sulfone groups is 2. The molecule has 0 saturated heterocycles. The number of methoxy groups -OCH3 is 1. The number of halogens is 1. The maximum atomic E-state index is 13.0. The number of azo groups is 1. The van der Waals surface area contributed by atoms with Gasteiger partial charge in [-0.15, -0.1) is 10.2 Å². The second kappa shape index (κ2) is 19.9. The molecule has 0 aliphatic heterocycles. The van der Waals surface area contributed by atoms with Gasteiger partial charge in [-0.25, -0.2) is 25.2 Å². The summed E-state index contributed by atoms with van der Waals surface area (Å²) < 4.78 is 231. The van der Waals surface area contributed by atoms with Gasteiger partial charge in [-0.3, -0.25) is 22.8 Å². The molecule has 0 radical (unpaired) electrons. The first-order valence-electron chi connectivity index (χ1n) is 17.8. The predicted octanol–water partition coefficient (Wildman–Crippen LogP) is 2.24. The van der Waals surface area contributed by atoms with Crippen LogP contribution in [-0.2, 0) is 79.2 Å². The van der Waals surface area contributed by atoms with Crippen molar-refractivity contribution in [3.63, 3.8) is 0 Å². The van der Waals surface area contributed by atoms with Crippen LogP contribution in [-0.4, -0.2) is 139 Å². The van der Waals surface area contributed by atoms with Gasteiger partial charge in [0.25, 0.3) is 30.4 Å². The minimum Gasteiger partial charge on any atom is -0.505 e. The molecule has 0 aliphatic rings. The van der Waals surface area contributed by atoms with Gasteiger partial charge in [0.2, 0.25) is 17.2 Å².